The molecule has 1 unspecified atom stereocenters. The summed E-state index contributed by atoms with van der Waals surface area (Å²) in [5.41, 5.74) is 0.970. The van der Waals surface area contributed by atoms with Crippen molar-refractivity contribution in [3.05, 3.63) is 33.8 Å². The van der Waals surface area contributed by atoms with E-state index in [9.17, 15) is 4.79 Å². The molecule has 19 heavy (non-hydrogen) atoms. The topological polar surface area (TPSA) is 26.3 Å². The average molecular weight is 303 g/mol. The van der Waals surface area contributed by atoms with E-state index in [1.54, 1.807) is 13.0 Å². The van der Waals surface area contributed by atoms with Gasteiger partial charge in [-0.3, -0.25) is 4.79 Å². The molecule has 0 spiro atoms. The van der Waals surface area contributed by atoms with Gasteiger partial charge in [-0.15, -0.1) is 0 Å². The lowest BCUT2D eigenvalue weighted by atomic mass is 9.84. The number of esters is 1. The molecule has 2 atom stereocenters. The summed E-state index contributed by atoms with van der Waals surface area (Å²) < 4.78 is 5.43. The number of hydrogen-bond acceptors (Lipinski definition) is 2. The summed E-state index contributed by atoms with van der Waals surface area (Å²) in [4.78, 5) is 11.4. The highest BCUT2D eigenvalue weighted by Crippen LogP contribution is 2.35. The quantitative estimate of drug-likeness (QED) is 0.709. The van der Waals surface area contributed by atoms with Gasteiger partial charge in [-0.1, -0.05) is 50.0 Å². The molecule has 0 heterocycles. The summed E-state index contributed by atoms with van der Waals surface area (Å²) in [7, 11) is 0. The van der Waals surface area contributed by atoms with Crippen molar-refractivity contribution < 1.29 is 9.53 Å². The lowest BCUT2D eigenvalue weighted by Crippen LogP contribution is -2.26. The van der Waals surface area contributed by atoms with Gasteiger partial charge < -0.3 is 4.74 Å². The van der Waals surface area contributed by atoms with Crippen LogP contribution in [0.5, 0.6) is 0 Å². The molecular weight excluding hydrogens is 283 g/mol. The molecule has 0 aliphatic rings. The third kappa shape index (κ3) is 4.39. The molecule has 0 aromatic heterocycles. The molecular formula is C15H20Cl2O2. The van der Waals surface area contributed by atoms with Crippen molar-refractivity contribution in [2.24, 2.45) is 5.92 Å². The Morgan fingerprint density at radius 2 is 1.89 bits per heavy atom. The first-order valence-corrected chi connectivity index (χ1v) is 7.26. The van der Waals surface area contributed by atoms with E-state index in [1.165, 1.54) is 0 Å². The number of rotatable bonds is 5. The van der Waals surface area contributed by atoms with E-state index in [1.807, 2.05) is 19.1 Å². The molecule has 0 radical (unpaired) electrons. The average Bonchev–Trinajstić information content (AvgIpc) is 2.31. The minimum absolute atomic E-state index is 0.0558. The fourth-order valence-corrected chi connectivity index (χ4v) is 2.82. The second-order valence-electron chi connectivity index (χ2n) is 4.98. The molecule has 0 aliphatic carbocycles. The van der Waals surface area contributed by atoms with Crippen LogP contribution in [-0.4, -0.2) is 12.1 Å². The van der Waals surface area contributed by atoms with Crippen LogP contribution < -0.4 is 0 Å². The Bertz CT molecular complexity index is 444. The summed E-state index contributed by atoms with van der Waals surface area (Å²) in [6.45, 7) is 7.87. The zero-order valence-corrected chi connectivity index (χ0v) is 13.3. The highest BCUT2D eigenvalue weighted by atomic mass is 35.5. The van der Waals surface area contributed by atoms with E-state index in [2.05, 4.69) is 13.8 Å². The van der Waals surface area contributed by atoms with Crippen LogP contribution in [0.25, 0.3) is 0 Å². The Morgan fingerprint density at radius 3 is 2.37 bits per heavy atom. The molecule has 0 saturated heterocycles. The van der Waals surface area contributed by atoms with Crippen molar-refractivity contribution in [3.8, 4) is 0 Å². The number of hydrogen-bond donors (Lipinski definition) is 0. The number of carbonyl (C=O) groups is 1. The van der Waals surface area contributed by atoms with Gasteiger partial charge in [0.1, 0.15) is 6.10 Å². The Kier molecular flexibility index (Phi) is 6.15. The highest BCUT2D eigenvalue weighted by molar-refractivity contribution is 6.35. The van der Waals surface area contributed by atoms with E-state index >= 15 is 0 Å². The Balaban J connectivity index is 3.03. The number of ether oxygens (including phenoxy) is 1. The monoisotopic (exact) mass is 302 g/mol. The van der Waals surface area contributed by atoms with Gasteiger partial charge in [-0.25, -0.2) is 0 Å². The van der Waals surface area contributed by atoms with Gasteiger partial charge in [0, 0.05) is 22.4 Å². The molecule has 0 amide bonds. The summed E-state index contributed by atoms with van der Waals surface area (Å²) in [5, 5.41) is 1.22. The molecule has 1 aromatic rings. The zero-order valence-electron chi connectivity index (χ0n) is 11.7. The van der Waals surface area contributed by atoms with Crippen LogP contribution in [0.2, 0.25) is 10.0 Å². The van der Waals surface area contributed by atoms with Crippen molar-refractivity contribution >= 4 is 29.2 Å². The van der Waals surface area contributed by atoms with Gasteiger partial charge in [0.2, 0.25) is 0 Å². The van der Waals surface area contributed by atoms with E-state index in [0.717, 1.165) is 5.56 Å². The van der Waals surface area contributed by atoms with E-state index < -0.39 is 0 Å². The number of carbonyl (C=O) groups excluding carboxylic acids is 1. The van der Waals surface area contributed by atoms with Crippen LogP contribution in [0.1, 0.15) is 45.6 Å². The lowest BCUT2D eigenvalue weighted by molar-refractivity contribution is -0.149. The third-order valence-corrected chi connectivity index (χ3v) is 3.71. The third-order valence-electron chi connectivity index (χ3n) is 3.15. The van der Waals surface area contributed by atoms with Crippen LogP contribution in [0.15, 0.2) is 18.2 Å². The largest absolute Gasteiger partial charge is 0.462 e. The molecule has 1 rings (SSSR count). The minimum atomic E-state index is -0.217. The predicted molar refractivity (Wildman–Crippen MR) is 79.9 cm³/mol. The minimum Gasteiger partial charge on any atom is -0.462 e. The molecule has 106 valence electrons. The van der Waals surface area contributed by atoms with Crippen molar-refractivity contribution in [1.82, 2.24) is 0 Å². The Morgan fingerprint density at radius 1 is 1.26 bits per heavy atom. The fraction of sp³-hybridized carbons (Fsp3) is 0.533. The summed E-state index contributed by atoms with van der Waals surface area (Å²) in [6, 6.07) is 5.44. The maximum Gasteiger partial charge on any atom is 0.305 e. The van der Waals surface area contributed by atoms with Crippen molar-refractivity contribution in [3.63, 3.8) is 0 Å². The van der Waals surface area contributed by atoms with Crippen LogP contribution in [-0.2, 0) is 9.53 Å². The van der Waals surface area contributed by atoms with Gasteiger partial charge in [0.05, 0.1) is 0 Å². The van der Waals surface area contributed by atoms with Crippen LogP contribution in [0, 0.1) is 5.92 Å². The maximum atomic E-state index is 11.4. The molecule has 4 heteroatoms. The number of benzene rings is 1. The van der Waals surface area contributed by atoms with Crippen molar-refractivity contribution in [2.45, 2.75) is 46.1 Å². The summed E-state index contributed by atoms with van der Waals surface area (Å²) >= 11 is 12.2. The highest BCUT2D eigenvalue weighted by Gasteiger charge is 2.27. The molecule has 0 saturated carbocycles. The standard InChI is InChI=1S/C15H20Cl2O2/c1-5-14(18)19-10(4)15(9(2)3)12-7-6-11(16)8-13(12)17/h6-10,15H,5H2,1-4H3/t10?,15-/m0/s1. The maximum absolute atomic E-state index is 11.4. The zero-order chi connectivity index (χ0) is 14.6. The lowest BCUT2D eigenvalue weighted by Gasteiger charge is -2.28. The molecule has 0 aliphatic heterocycles. The SMILES string of the molecule is CCC(=O)OC(C)[C@@H](c1ccc(Cl)cc1Cl)C(C)C. The van der Waals surface area contributed by atoms with Gasteiger partial charge in [-0.2, -0.15) is 0 Å². The normalized spacial score (nSPS) is 14.3. The smallest absolute Gasteiger partial charge is 0.305 e. The fourth-order valence-electron chi connectivity index (χ4n) is 2.29. The second kappa shape index (κ2) is 7.16. The molecule has 2 nitrogen and oxygen atoms in total. The molecule has 0 bridgehead atoms. The van der Waals surface area contributed by atoms with Gasteiger partial charge in [-0.05, 0) is 30.5 Å². The second-order valence-corrected chi connectivity index (χ2v) is 5.83. The van der Waals surface area contributed by atoms with Crippen molar-refractivity contribution in [2.75, 3.05) is 0 Å². The van der Waals surface area contributed by atoms with Gasteiger partial charge in [0.25, 0.3) is 0 Å². The molecule has 0 fully saturated rings. The van der Waals surface area contributed by atoms with Crippen LogP contribution in [0.4, 0.5) is 0 Å². The predicted octanol–water partition coefficient (Wildman–Crippen LogP) is 5.07. The van der Waals surface area contributed by atoms with Crippen LogP contribution >= 0.6 is 23.2 Å². The van der Waals surface area contributed by atoms with Crippen LogP contribution in [0.3, 0.4) is 0 Å². The van der Waals surface area contributed by atoms with E-state index in [4.69, 9.17) is 27.9 Å². The summed E-state index contributed by atoms with van der Waals surface area (Å²) in [5.74, 6) is 0.168. The Labute approximate surface area is 125 Å². The first kappa shape index (κ1) is 16.3. The van der Waals surface area contributed by atoms with Crippen molar-refractivity contribution in [1.29, 1.82) is 0 Å². The first-order chi connectivity index (χ1) is 8.86. The molecule has 1 aromatic carbocycles. The first-order valence-electron chi connectivity index (χ1n) is 6.51. The Hall–Kier alpha value is -0.730. The van der Waals surface area contributed by atoms with E-state index in [0.29, 0.717) is 22.4 Å². The number of halogens is 2. The van der Waals surface area contributed by atoms with Gasteiger partial charge in [0.15, 0.2) is 0 Å². The van der Waals surface area contributed by atoms with E-state index in [-0.39, 0.29) is 18.0 Å². The summed E-state index contributed by atoms with van der Waals surface area (Å²) in [6.07, 6.45) is 0.162. The van der Waals surface area contributed by atoms with Gasteiger partial charge >= 0.3 is 5.97 Å². The molecule has 0 N–H and O–H groups in total.